The fourth-order valence-electron chi connectivity index (χ4n) is 5.17. The van der Waals surface area contributed by atoms with Gasteiger partial charge in [0.25, 0.3) is 0 Å². The number of benzene rings is 1. The van der Waals surface area contributed by atoms with Gasteiger partial charge in [-0.2, -0.15) is 11.8 Å². The number of nitrogens with two attached hydrogens (primary N) is 1. The van der Waals surface area contributed by atoms with Crippen LogP contribution in [0.15, 0.2) is 24.3 Å². The summed E-state index contributed by atoms with van der Waals surface area (Å²) in [5.41, 5.74) is 6.71. The number of anilines is 1. The lowest BCUT2D eigenvalue weighted by Crippen LogP contribution is -2.46. The normalized spacial score (nSPS) is 12.4. The quantitative estimate of drug-likeness (QED) is 0.0648. The van der Waals surface area contributed by atoms with E-state index in [-0.39, 0.29) is 37.9 Å². The number of hydrogen-bond acceptors (Lipinski definition) is 10. The maximum atomic E-state index is 12.6. The third kappa shape index (κ3) is 21.2. The van der Waals surface area contributed by atoms with E-state index < -0.39 is 35.9 Å². The Balaban J connectivity index is 2.52. The summed E-state index contributed by atoms with van der Waals surface area (Å²) in [6.45, 7) is 5.97. The van der Waals surface area contributed by atoms with Gasteiger partial charge in [-0.1, -0.05) is 26.0 Å². The number of nitrogens with one attached hydrogen (secondary N) is 3. The molecule has 0 bridgehead atoms. The van der Waals surface area contributed by atoms with E-state index >= 15 is 0 Å². The van der Waals surface area contributed by atoms with Crippen LogP contribution in [-0.4, -0.2) is 143 Å². The molecule has 0 spiro atoms. The first-order chi connectivity index (χ1) is 23.7. The lowest BCUT2D eigenvalue weighted by atomic mass is 10.0. The highest BCUT2D eigenvalue weighted by atomic mass is 32.2. The number of urea groups is 1. The van der Waals surface area contributed by atoms with E-state index in [1.54, 1.807) is 50.7 Å². The minimum absolute atomic E-state index is 0.0363. The first-order valence-electron chi connectivity index (χ1n) is 16.8. The Kier molecular flexibility index (Phi) is 22.1. The van der Waals surface area contributed by atoms with Crippen molar-refractivity contribution in [1.29, 1.82) is 0 Å². The molecule has 0 saturated heterocycles. The Hall–Kier alpha value is -3.93. The number of nitrogens with zero attached hydrogens (tertiary/aromatic N) is 3. The molecule has 282 valence electrons. The first-order valence-corrected chi connectivity index (χ1v) is 18.2. The molecule has 1 rings (SSSR count). The number of thioether (sulfide) groups is 1. The van der Waals surface area contributed by atoms with E-state index in [1.165, 1.54) is 0 Å². The van der Waals surface area contributed by atoms with Gasteiger partial charge in [0, 0.05) is 44.8 Å². The van der Waals surface area contributed by atoms with Gasteiger partial charge in [0.15, 0.2) is 0 Å². The highest BCUT2D eigenvalue weighted by Gasteiger charge is 2.19. The van der Waals surface area contributed by atoms with Crippen LogP contribution in [0.4, 0.5) is 10.5 Å². The first kappa shape index (κ1) is 44.1. The van der Waals surface area contributed by atoms with Crippen molar-refractivity contribution in [3.8, 4) is 0 Å². The Morgan fingerprint density at radius 1 is 0.800 bits per heavy atom. The van der Waals surface area contributed by atoms with Gasteiger partial charge in [-0.25, -0.2) is 4.79 Å². The molecule has 0 saturated carbocycles. The average molecular weight is 726 g/mol. The number of aliphatic carboxylic acids is 3. The van der Waals surface area contributed by atoms with Crippen LogP contribution < -0.4 is 21.7 Å². The van der Waals surface area contributed by atoms with Crippen molar-refractivity contribution in [3.63, 3.8) is 0 Å². The van der Waals surface area contributed by atoms with Gasteiger partial charge < -0.3 is 37.0 Å². The molecule has 2 atom stereocenters. The van der Waals surface area contributed by atoms with E-state index in [0.717, 1.165) is 12.0 Å². The van der Waals surface area contributed by atoms with Gasteiger partial charge >= 0.3 is 23.9 Å². The number of carbonyl (C=O) groups is 6. The largest absolute Gasteiger partial charge is 0.480 e. The number of carboxylic acids is 3. The van der Waals surface area contributed by atoms with Gasteiger partial charge in [0.1, 0.15) is 6.04 Å². The van der Waals surface area contributed by atoms with E-state index in [0.29, 0.717) is 76.5 Å². The fourth-order valence-corrected chi connectivity index (χ4v) is 5.64. The summed E-state index contributed by atoms with van der Waals surface area (Å²) in [7, 11) is 0. The number of rotatable bonds is 28. The average Bonchev–Trinajstić information content (AvgIpc) is 3.02. The fraction of sp³-hybridized carbons (Fsp3) is 0.636. The Labute approximate surface area is 298 Å². The second-order valence-corrected chi connectivity index (χ2v) is 13.3. The standard InChI is InChI=1S/C33H55N7O9S/c1-4-12-38(21-29(42)43)14-16-40(23-31(46)47)17-15-39(22-30(44)45)13-5-6-24(2)19-28(41)35-20-25-7-9-26(10-8-25)36-33(49)37-27(32(34)48)11-18-50-3/h7-10,24,27H,4-6,11-23H2,1-3H3,(H2,34,48)(H,35,41)(H,42,43)(H,44,45)(H,46,47)(H2,36,37,49)/t24?,27-/m0/s1. The monoisotopic (exact) mass is 725 g/mol. The van der Waals surface area contributed by atoms with E-state index in [2.05, 4.69) is 16.0 Å². The smallest absolute Gasteiger partial charge is 0.319 e. The minimum Gasteiger partial charge on any atom is -0.480 e. The van der Waals surface area contributed by atoms with Crippen molar-refractivity contribution < 1.29 is 44.1 Å². The van der Waals surface area contributed by atoms with Crippen molar-refractivity contribution in [3.05, 3.63) is 29.8 Å². The van der Waals surface area contributed by atoms with Crippen LogP contribution in [0.3, 0.4) is 0 Å². The van der Waals surface area contributed by atoms with Crippen LogP contribution in [0.2, 0.25) is 0 Å². The van der Waals surface area contributed by atoms with Crippen LogP contribution in [0.25, 0.3) is 0 Å². The summed E-state index contributed by atoms with van der Waals surface area (Å²) in [6.07, 6.45) is 4.69. The number of hydrogen-bond donors (Lipinski definition) is 7. The molecule has 0 aliphatic carbocycles. The summed E-state index contributed by atoms with van der Waals surface area (Å²) >= 11 is 1.55. The molecule has 0 fully saturated rings. The second-order valence-electron chi connectivity index (χ2n) is 12.3. The predicted octanol–water partition coefficient (Wildman–Crippen LogP) is 1.41. The third-order valence-electron chi connectivity index (χ3n) is 7.75. The summed E-state index contributed by atoms with van der Waals surface area (Å²) < 4.78 is 0. The molecule has 0 aromatic heterocycles. The maximum Gasteiger partial charge on any atom is 0.319 e. The molecular formula is C33H55N7O9S. The van der Waals surface area contributed by atoms with Crippen molar-refractivity contribution in [2.24, 2.45) is 11.7 Å². The van der Waals surface area contributed by atoms with Gasteiger partial charge in [-0.05, 0) is 74.4 Å². The predicted molar refractivity (Wildman–Crippen MR) is 192 cm³/mol. The van der Waals surface area contributed by atoms with Crippen molar-refractivity contribution in [2.75, 3.05) is 76.2 Å². The van der Waals surface area contributed by atoms with Crippen LogP contribution in [0, 0.1) is 5.92 Å². The van der Waals surface area contributed by atoms with Gasteiger partial charge in [-0.15, -0.1) is 0 Å². The van der Waals surface area contributed by atoms with Crippen LogP contribution in [0.1, 0.15) is 51.5 Å². The molecule has 4 amide bonds. The molecule has 50 heavy (non-hydrogen) atoms. The second kappa shape index (κ2) is 25.1. The lowest BCUT2D eigenvalue weighted by molar-refractivity contribution is -0.140. The molecule has 1 unspecified atom stereocenters. The van der Waals surface area contributed by atoms with Crippen molar-refractivity contribution in [1.82, 2.24) is 25.3 Å². The Morgan fingerprint density at radius 2 is 1.32 bits per heavy atom. The highest BCUT2D eigenvalue weighted by molar-refractivity contribution is 7.98. The maximum absolute atomic E-state index is 12.6. The van der Waals surface area contributed by atoms with Gasteiger partial charge in [-0.3, -0.25) is 38.7 Å². The van der Waals surface area contributed by atoms with Gasteiger partial charge in [0.05, 0.1) is 19.6 Å². The van der Waals surface area contributed by atoms with E-state index in [1.807, 2.05) is 20.1 Å². The van der Waals surface area contributed by atoms with Crippen LogP contribution in [0.5, 0.6) is 0 Å². The summed E-state index contributed by atoms with van der Waals surface area (Å²) in [6, 6.07) is 5.61. The molecule has 16 nitrogen and oxygen atoms in total. The molecule has 0 aliphatic rings. The molecule has 0 heterocycles. The zero-order chi connectivity index (χ0) is 37.5. The van der Waals surface area contributed by atoms with Gasteiger partial charge in [0.2, 0.25) is 11.8 Å². The molecule has 0 aliphatic heterocycles. The molecule has 17 heteroatoms. The Bertz CT molecular complexity index is 1220. The van der Waals surface area contributed by atoms with Crippen molar-refractivity contribution >= 4 is 53.2 Å². The SMILES string of the molecule is CCCN(CCN(CCN(CCCC(C)CC(=O)NCc1ccc(NC(=O)N[C@@H](CCSC)C(N)=O)cc1)CC(=O)O)CC(=O)O)CC(=O)O. The van der Waals surface area contributed by atoms with Crippen LogP contribution in [-0.2, 0) is 30.5 Å². The zero-order valence-corrected chi connectivity index (χ0v) is 30.2. The molecular weight excluding hydrogens is 670 g/mol. The summed E-state index contributed by atoms with van der Waals surface area (Å²) in [4.78, 5) is 75.7. The molecule has 8 N–H and O–H groups in total. The molecule has 0 radical (unpaired) electrons. The number of amides is 4. The van der Waals surface area contributed by atoms with E-state index in [9.17, 15) is 39.0 Å². The van der Waals surface area contributed by atoms with Crippen LogP contribution >= 0.6 is 11.8 Å². The summed E-state index contributed by atoms with van der Waals surface area (Å²) in [5, 5.41) is 36.1. The Morgan fingerprint density at radius 3 is 1.80 bits per heavy atom. The van der Waals surface area contributed by atoms with Crippen molar-refractivity contribution in [2.45, 2.75) is 58.5 Å². The minimum atomic E-state index is -1.02. The summed E-state index contributed by atoms with van der Waals surface area (Å²) in [5.74, 6) is -2.99. The number of carboxylic acid groups (broad SMARTS) is 3. The molecule has 1 aromatic rings. The van der Waals surface area contributed by atoms with E-state index in [4.69, 9.17) is 10.8 Å². The zero-order valence-electron chi connectivity index (χ0n) is 29.4. The topological polar surface area (TPSA) is 235 Å². The molecule has 1 aromatic carbocycles. The highest BCUT2D eigenvalue weighted by Crippen LogP contribution is 2.13. The third-order valence-corrected chi connectivity index (χ3v) is 8.39. The number of carbonyl (C=O) groups excluding carboxylic acids is 3. The lowest BCUT2D eigenvalue weighted by Gasteiger charge is -2.28. The number of primary amides is 1.